The number of aromatic hydroxyl groups is 2. The summed E-state index contributed by atoms with van der Waals surface area (Å²) in [5.74, 6) is 0.142. The van der Waals surface area contributed by atoms with Crippen LogP contribution in [0.5, 0.6) is 11.5 Å². The SMILES string of the molecule is CCc1nc(/C=N/Nc2ncc(F)c(N3CCOCC3)n2)ccc1Nc1cc(O)cc(-c2cccc(O)c2)c1. The summed E-state index contributed by atoms with van der Waals surface area (Å²) in [6, 6.07) is 15.7. The number of hydrazone groups is 1. The molecule has 0 spiro atoms. The Morgan fingerprint density at radius 3 is 2.64 bits per heavy atom. The van der Waals surface area contributed by atoms with E-state index in [-0.39, 0.29) is 23.3 Å². The number of rotatable bonds is 8. The summed E-state index contributed by atoms with van der Waals surface area (Å²) < 4.78 is 19.6. The maximum Gasteiger partial charge on any atom is 0.245 e. The van der Waals surface area contributed by atoms with E-state index in [9.17, 15) is 14.6 Å². The molecule has 39 heavy (non-hydrogen) atoms. The van der Waals surface area contributed by atoms with Gasteiger partial charge in [-0.05, 0) is 53.9 Å². The van der Waals surface area contributed by atoms with Crippen LogP contribution in [-0.2, 0) is 11.2 Å². The van der Waals surface area contributed by atoms with Crippen molar-refractivity contribution in [3.63, 3.8) is 0 Å². The average Bonchev–Trinajstić information content (AvgIpc) is 2.95. The number of hydrogen-bond donors (Lipinski definition) is 4. The van der Waals surface area contributed by atoms with E-state index in [1.165, 1.54) is 0 Å². The van der Waals surface area contributed by atoms with Crippen LogP contribution in [0.4, 0.5) is 27.5 Å². The van der Waals surface area contributed by atoms with Crippen molar-refractivity contribution in [3.05, 3.63) is 78.0 Å². The van der Waals surface area contributed by atoms with E-state index in [0.29, 0.717) is 44.1 Å². The minimum atomic E-state index is -0.496. The van der Waals surface area contributed by atoms with Gasteiger partial charge in [0.25, 0.3) is 0 Å². The molecule has 0 atom stereocenters. The molecule has 1 aliphatic rings. The van der Waals surface area contributed by atoms with E-state index in [1.54, 1.807) is 42.6 Å². The van der Waals surface area contributed by atoms with Crippen LogP contribution >= 0.6 is 0 Å². The number of aromatic nitrogens is 3. The van der Waals surface area contributed by atoms with Crippen LogP contribution in [0.3, 0.4) is 0 Å². The van der Waals surface area contributed by atoms with Gasteiger partial charge < -0.3 is 25.2 Å². The van der Waals surface area contributed by atoms with E-state index in [1.807, 2.05) is 30.0 Å². The minimum absolute atomic E-state index is 0.0963. The predicted molar refractivity (Wildman–Crippen MR) is 148 cm³/mol. The molecule has 1 saturated heterocycles. The lowest BCUT2D eigenvalue weighted by atomic mass is 10.0. The minimum Gasteiger partial charge on any atom is -0.508 e. The fraction of sp³-hybridized carbons (Fsp3) is 0.214. The largest absolute Gasteiger partial charge is 0.508 e. The normalized spacial score (nSPS) is 13.5. The molecule has 2 aromatic carbocycles. The summed E-state index contributed by atoms with van der Waals surface area (Å²) in [7, 11) is 0. The Balaban J connectivity index is 1.29. The fourth-order valence-electron chi connectivity index (χ4n) is 4.23. The average molecular weight is 530 g/mol. The zero-order valence-electron chi connectivity index (χ0n) is 21.3. The van der Waals surface area contributed by atoms with Gasteiger partial charge in [0, 0.05) is 24.8 Å². The van der Waals surface area contributed by atoms with E-state index in [0.717, 1.165) is 28.7 Å². The van der Waals surface area contributed by atoms with E-state index in [4.69, 9.17) is 4.74 Å². The summed E-state index contributed by atoms with van der Waals surface area (Å²) in [6.07, 6.45) is 3.31. The molecule has 0 saturated carbocycles. The first-order valence-electron chi connectivity index (χ1n) is 12.5. The molecule has 0 unspecified atom stereocenters. The zero-order valence-corrected chi connectivity index (χ0v) is 21.3. The number of aryl methyl sites for hydroxylation is 1. The Morgan fingerprint density at radius 1 is 1.03 bits per heavy atom. The van der Waals surface area contributed by atoms with Gasteiger partial charge >= 0.3 is 0 Å². The molecule has 1 aliphatic heterocycles. The summed E-state index contributed by atoms with van der Waals surface area (Å²) in [4.78, 5) is 14.7. The Hall–Kier alpha value is -4.77. The Bertz CT molecular complexity index is 1490. The van der Waals surface area contributed by atoms with Gasteiger partial charge in [-0.3, -0.25) is 0 Å². The molecular weight excluding hydrogens is 501 g/mol. The molecule has 11 heteroatoms. The van der Waals surface area contributed by atoms with Crippen molar-refractivity contribution in [1.82, 2.24) is 15.0 Å². The molecule has 200 valence electrons. The van der Waals surface area contributed by atoms with Crippen molar-refractivity contribution in [2.75, 3.05) is 41.9 Å². The predicted octanol–water partition coefficient (Wildman–Crippen LogP) is 4.68. The van der Waals surface area contributed by atoms with Crippen LogP contribution in [0, 0.1) is 5.82 Å². The van der Waals surface area contributed by atoms with E-state index >= 15 is 0 Å². The highest BCUT2D eigenvalue weighted by Gasteiger charge is 2.17. The van der Waals surface area contributed by atoms with E-state index in [2.05, 4.69) is 30.8 Å². The molecule has 0 radical (unpaired) electrons. The van der Waals surface area contributed by atoms with E-state index < -0.39 is 5.82 Å². The van der Waals surface area contributed by atoms with Crippen LogP contribution in [0.2, 0.25) is 0 Å². The standard InChI is InChI=1S/C28H28FN7O3/c1-2-25-26(33-21-12-19(14-23(38)15-21)18-4-3-5-22(37)13-18)7-6-20(32-25)16-31-35-28-30-17-24(29)27(34-28)36-8-10-39-11-9-36/h3-7,12-17,33,37-38H,2,8-11H2,1H3,(H,30,34,35)/b31-16+. The van der Waals surface area contributed by atoms with Crippen molar-refractivity contribution >= 4 is 29.4 Å². The quantitative estimate of drug-likeness (QED) is 0.190. The number of phenols is 2. The topological polar surface area (TPSA) is 128 Å². The first-order valence-corrected chi connectivity index (χ1v) is 12.5. The molecule has 0 amide bonds. The lowest BCUT2D eigenvalue weighted by Gasteiger charge is -2.27. The van der Waals surface area contributed by atoms with Gasteiger partial charge in [-0.1, -0.05) is 19.1 Å². The van der Waals surface area contributed by atoms with Crippen molar-refractivity contribution in [3.8, 4) is 22.6 Å². The monoisotopic (exact) mass is 529 g/mol. The molecule has 4 N–H and O–H groups in total. The molecule has 5 rings (SSSR count). The second-order valence-electron chi connectivity index (χ2n) is 8.86. The number of halogens is 1. The van der Waals surface area contributed by atoms with Gasteiger partial charge in [-0.15, -0.1) is 0 Å². The summed E-state index contributed by atoms with van der Waals surface area (Å²) >= 11 is 0. The number of nitrogens with zero attached hydrogens (tertiary/aromatic N) is 5. The number of hydrogen-bond acceptors (Lipinski definition) is 10. The maximum atomic E-state index is 14.3. The number of anilines is 4. The fourth-order valence-corrected chi connectivity index (χ4v) is 4.23. The first-order chi connectivity index (χ1) is 19.0. The highest BCUT2D eigenvalue weighted by Crippen LogP contribution is 2.31. The van der Waals surface area contributed by atoms with Gasteiger partial charge in [0.1, 0.15) is 11.5 Å². The third-order valence-corrected chi connectivity index (χ3v) is 6.10. The molecule has 0 aliphatic carbocycles. The number of benzene rings is 2. The number of ether oxygens (including phenoxy) is 1. The Kier molecular flexibility index (Phi) is 7.78. The summed E-state index contributed by atoms with van der Waals surface area (Å²) in [6.45, 7) is 4.14. The lowest BCUT2D eigenvalue weighted by Crippen LogP contribution is -2.37. The van der Waals surface area contributed by atoms with Crippen LogP contribution in [0.25, 0.3) is 11.1 Å². The summed E-state index contributed by atoms with van der Waals surface area (Å²) in [5, 5.41) is 27.6. The van der Waals surface area contributed by atoms with Gasteiger partial charge in [0.15, 0.2) is 11.6 Å². The maximum absolute atomic E-state index is 14.3. The van der Waals surface area contributed by atoms with Crippen LogP contribution < -0.4 is 15.6 Å². The van der Waals surface area contributed by atoms with Gasteiger partial charge in [-0.2, -0.15) is 10.1 Å². The lowest BCUT2D eigenvalue weighted by molar-refractivity contribution is 0.122. The molecule has 10 nitrogen and oxygen atoms in total. The van der Waals surface area contributed by atoms with Crippen molar-refractivity contribution in [2.45, 2.75) is 13.3 Å². The van der Waals surface area contributed by atoms with Crippen LogP contribution in [0.15, 0.2) is 65.9 Å². The third-order valence-electron chi connectivity index (χ3n) is 6.10. The second-order valence-corrected chi connectivity index (χ2v) is 8.86. The van der Waals surface area contributed by atoms with Crippen molar-refractivity contribution in [1.29, 1.82) is 0 Å². The second kappa shape index (κ2) is 11.7. The van der Waals surface area contributed by atoms with Gasteiger partial charge in [0.05, 0.1) is 42.7 Å². The van der Waals surface area contributed by atoms with Gasteiger partial charge in [0.2, 0.25) is 5.95 Å². The molecular formula is C28H28FN7O3. The number of pyridine rings is 1. The van der Waals surface area contributed by atoms with Crippen LogP contribution in [0.1, 0.15) is 18.3 Å². The Morgan fingerprint density at radius 2 is 1.85 bits per heavy atom. The van der Waals surface area contributed by atoms with Gasteiger partial charge in [-0.25, -0.2) is 19.8 Å². The highest BCUT2D eigenvalue weighted by molar-refractivity contribution is 5.79. The van der Waals surface area contributed by atoms with Crippen molar-refractivity contribution in [2.24, 2.45) is 5.10 Å². The summed E-state index contributed by atoms with van der Waals surface area (Å²) in [5.41, 5.74) is 7.16. The molecule has 1 fully saturated rings. The zero-order chi connectivity index (χ0) is 27.2. The number of nitrogens with one attached hydrogen (secondary N) is 2. The molecule has 3 heterocycles. The Labute approximate surface area is 224 Å². The smallest absolute Gasteiger partial charge is 0.245 e. The first kappa shape index (κ1) is 25.9. The molecule has 2 aromatic heterocycles. The highest BCUT2D eigenvalue weighted by atomic mass is 19.1. The number of morpholine rings is 1. The molecule has 4 aromatic rings. The molecule has 0 bridgehead atoms. The van der Waals surface area contributed by atoms with Crippen molar-refractivity contribution < 1.29 is 19.3 Å². The van der Waals surface area contributed by atoms with Crippen LogP contribution in [-0.4, -0.2) is 57.7 Å². The number of phenolic OH excluding ortho intramolecular Hbond substituents is 2. The third kappa shape index (κ3) is 6.39.